The van der Waals surface area contributed by atoms with Crippen LogP contribution in [0.25, 0.3) is 10.9 Å². The molecule has 5 heteroatoms. The molecule has 1 N–H and O–H groups in total. The van der Waals surface area contributed by atoms with Crippen molar-refractivity contribution >= 4 is 28.1 Å². The number of para-hydroxylation sites is 3. The Morgan fingerprint density at radius 2 is 1.68 bits per heavy atom. The third kappa shape index (κ3) is 3.64. The van der Waals surface area contributed by atoms with Crippen molar-refractivity contribution < 1.29 is 19.2 Å². The van der Waals surface area contributed by atoms with Gasteiger partial charge in [-0.2, -0.15) is 4.58 Å². The van der Waals surface area contributed by atoms with Crippen LogP contribution < -0.4 is 4.74 Å². The van der Waals surface area contributed by atoms with Crippen molar-refractivity contribution in [3.05, 3.63) is 107 Å². The van der Waals surface area contributed by atoms with Crippen molar-refractivity contribution in [3.8, 4) is 5.75 Å². The van der Waals surface area contributed by atoms with Crippen molar-refractivity contribution in [2.45, 2.75) is 38.2 Å². The number of fused-ring (bicyclic) bond motifs is 2. The summed E-state index contributed by atoms with van der Waals surface area (Å²) >= 11 is 0. The number of aromatic nitrogens is 1. The molecule has 0 amide bonds. The number of ketones is 1. The van der Waals surface area contributed by atoms with E-state index in [0.29, 0.717) is 18.7 Å². The minimum atomic E-state index is -0.846. The summed E-state index contributed by atoms with van der Waals surface area (Å²) in [4.78, 5) is 13.7. The monoisotopic (exact) mass is 505 g/mol. The summed E-state index contributed by atoms with van der Waals surface area (Å²) in [5.74, 6) is 0.281. The topological polar surface area (TPSA) is 54.5 Å². The van der Waals surface area contributed by atoms with Gasteiger partial charge in [0.1, 0.15) is 12.4 Å². The Morgan fingerprint density at radius 3 is 2.45 bits per heavy atom. The van der Waals surface area contributed by atoms with Crippen LogP contribution >= 0.6 is 0 Å². The van der Waals surface area contributed by atoms with Gasteiger partial charge in [0.25, 0.3) is 0 Å². The SMILES string of the molecule is Cc1c(C2C(=O)C(=CC3=[N+](CCOc4ccccc4)c4ccccc4C3(C)C)C2O)c2ccccc2n1C. The summed E-state index contributed by atoms with van der Waals surface area (Å²) in [6.45, 7) is 7.51. The number of nitrogens with zero attached hydrogens (tertiary/aromatic N) is 2. The number of carbonyl (C=O) groups is 1. The number of benzene rings is 3. The highest BCUT2D eigenvalue weighted by molar-refractivity contribution is 6.16. The number of Topliss-reactive ketones (excluding diaryl/α,β-unsaturated/α-hetero) is 1. The van der Waals surface area contributed by atoms with Crippen LogP contribution in [0.2, 0.25) is 0 Å². The minimum absolute atomic E-state index is 0.00306. The van der Waals surface area contributed by atoms with Gasteiger partial charge in [0.15, 0.2) is 18.0 Å². The number of rotatable bonds is 6. The maximum absolute atomic E-state index is 13.7. The van der Waals surface area contributed by atoms with E-state index in [-0.39, 0.29) is 11.2 Å². The molecule has 1 saturated carbocycles. The second-order valence-electron chi connectivity index (χ2n) is 10.8. The fourth-order valence-corrected chi connectivity index (χ4v) is 6.20. The van der Waals surface area contributed by atoms with Gasteiger partial charge in [0.2, 0.25) is 5.69 Å². The van der Waals surface area contributed by atoms with Crippen LogP contribution in [0.5, 0.6) is 5.75 Å². The molecule has 2 atom stereocenters. The van der Waals surface area contributed by atoms with Crippen LogP contribution in [0, 0.1) is 6.92 Å². The van der Waals surface area contributed by atoms with E-state index in [2.05, 4.69) is 47.3 Å². The zero-order valence-corrected chi connectivity index (χ0v) is 22.3. The van der Waals surface area contributed by atoms with Crippen LogP contribution in [0.3, 0.4) is 0 Å². The Kier molecular flexibility index (Phi) is 5.84. The maximum atomic E-state index is 13.7. The molecule has 1 aliphatic heterocycles. The lowest BCUT2D eigenvalue weighted by Crippen LogP contribution is -2.44. The Hall–Kier alpha value is -3.96. The standard InChI is InChI=1S/C33H33N2O3/c1-21-29(23-14-8-10-16-26(23)34(21)4)30-31(36)24(32(30)37)20-28-33(2,3)25-15-9-11-17-27(25)35(28)18-19-38-22-12-6-5-7-13-22/h5-17,20,30-31,36H,18-19H2,1-4H3/q+1. The summed E-state index contributed by atoms with van der Waals surface area (Å²) in [7, 11) is 2.01. The lowest BCUT2D eigenvalue weighted by molar-refractivity contribution is -0.439. The molecular formula is C33H33N2O3+. The molecule has 0 radical (unpaired) electrons. The zero-order chi connectivity index (χ0) is 26.6. The minimum Gasteiger partial charge on any atom is -0.487 e. The summed E-state index contributed by atoms with van der Waals surface area (Å²) < 4.78 is 10.4. The zero-order valence-electron chi connectivity index (χ0n) is 22.3. The van der Waals surface area contributed by atoms with E-state index in [9.17, 15) is 9.90 Å². The highest BCUT2D eigenvalue weighted by Gasteiger charge is 2.50. The second kappa shape index (κ2) is 9.10. The molecule has 2 unspecified atom stereocenters. The Labute approximate surface area is 223 Å². The molecule has 192 valence electrons. The number of aliphatic hydroxyl groups is 1. The maximum Gasteiger partial charge on any atom is 0.209 e. The molecule has 3 aromatic carbocycles. The molecule has 2 aliphatic rings. The molecule has 4 aromatic rings. The first-order valence-electron chi connectivity index (χ1n) is 13.2. The van der Waals surface area contributed by atoms with E-state index in [1.54, 1.807) is 0 Å². The van der Waals surface area contributed by atoms with E-state index in [0.717, 1.165) is 39.3 Å². The summed E-state index contributed by atoms with van der Waals surface area (Å²) in [6, 6.07) is 26.2. The van der Waals surface area contributed by atoms with Gasteiger partial charge in [-0.3, -0.25) is 4.79 Å². The van der Waals surface area contributed by atoms with Crippen LogP contribution in [-0.2, 0) is 17.3 Å². The van der Waals surface area contributed by atoms with E-state index in [1.807, 2.05) is 74.6 Å². The van der Waals surface area contributed by atoms with E-state index < -0.39 is 12.0 Å². The second-order valence-corrected chi connectivity index (χ2v) is 10.8. The van der Waals surface area contributed by atoms with Crippen LogP contribution in [0.1, 0.15) is 36.6 Å². The molecule has 1 fully saturated rings. The first-order valence-corrected chi connectivity index (χ1v) is 13.2. The van der Waals surface area contributed by atoms with Gasteiger partial charge in [-0.25, -0.2) is 0 Å². The number of aryl methyl sites for hydroxylation is 1. The van der Waals surface area contributed by atoms with Gasteiger partial charge < -0.3 is 14.4 Å². The van der Waals surface area contributed by atoms with Crippen molar-refractivity contribution in [2.24, 2.45) is 7.05 Å². The van der Waals surface area contributed by atoms with Crippen molar-refractivity contribution in [1.82, 2.24) is 4.57 Å². The number of hydrogen-bond acceptors (Lipinski definition) is 3. The Bertz CT molecular complexity index is 1620. The number of carbonyl (C=O) groups excluding carboxylic acids is 1. The van der Waals surface area contributed by atoms with E-state index in [4.69, 9.17) is 4.74 Å². The van der Waals surface area contributed by atoms with Gasteiger partial charge in [-0.15, -0.1) is 0 Å². The van der Waals surface area contributed by atoms with Gasteiger partial charge in [0.05, 0.1) is 17.4 Å². The van der Waals surface area contributed by atoms with Gasteiger partial charge in [0, 0.05) is 46.9 Å². The smallest absolute Gasteiger partial charge is 0.209 e. The third-order valence-electron chi connectivity index (χ3n) is 8.38. The molecular weight excluding hydrogens is 472 g/mol. The van der Waals surface area contributed by atoms with Gasteiger partial charge >= 0.3 is 0 Å². The molecule has 0 saturated heterocycles. The van der Waals surface area contributed by atoms with E-state index in [1.165, 1.54) is 5.56 Å². The van der Waals surface area contributed by atoms with Crippen molar-refractivity contribution in [3.63, 3.8) is 0 Å². The fraction of sp³-hybridized carbons (Fsp3) is 0.273. The molecule has 38 heavy (non-hydrogen) atoms. The normalized spacial score (nSPS) is 21.2. The molecule has 2 heterocycles. The highest BCUT2D eigenvalue weighted by Crippen LogP contribution is 2.45. The predicted octanol–water partition coefficient (Wildman–Crippen LogP) is 5.60. The number of hydrogen-bond donors (Lipinski definition) is 1. The lowest BCUT2D eigenvalue weighted by atomic mass is 9.69. The van der Waals surface area contributed by atoms with Crippen LogP contribution in [0.4, 0.5) is 5.69 Å². The largest absolute Gasteiger partial charge is 0.487 e. The Morgan fingerprint density at radius 1 is 1.00 bits per heavy atom. The lowest BCUT2D eigenvalue weighted by Gasteiger charge is -2.34. The molecule has 5 nitrogen and oxygen atoms in total. The summed E-state index contributed by atoms with van der Waals surface area (Å²) in [5.41, 5.74) is 6.50. The summed E-state index contributed by atoms with van der Waals surface area (Å²) in [5, 5.41) is 12.4. The van der Waals surface area contributed by atoms with E-state index >= 15 is 0 Å². The third-order valence-corrected chi connectivity index (χ3v) is 8.38. The van der Waals surface area contributed by atoms with Crippen molar-refractivity contribution in [1.29, 1.82) is 0 Å². The number of aliphatic hydroxyl groups excluding tert-OH is 1. The highest BCUT2D eigenvalue weighted by atomic mass is 16.5. The summed E-state index contributed by atoms with van der Waals surface area (Å²) in [6.07, 6.45) is 1.09. The van der Waals surface area contributed by atoms with Crippen molar-refractivity contribution in [2.75, 3.05) is 13.2 Å². The van der Waals surface area contributed by atoms with Crippen LogP contribution in [-0.4, -0.2) is 45.0 Å². The molecule has 0 bridgehead atoms. The molecule has 1 aromatic heterocycles. The van der Waals surface area contributed by atoms with Crippen LogP contribution in [0.15, 0.2) is 90.5 Å². The first-order chi connectivity index (χ1) is 18.3. The number of ether oxygens (including phenoxy) is 1. The first kappa shape index (κ1) is 24.4. The molecule has 6 rings (SSSR count). The predicted molar refractivity (Wildman–Crippen MR) is 151 cm³/mol. The number of allylic oxidation sites excluding steroid dienone is 1. The van der Waals surface area contributed by atoms with Gasteiger partial charge in [-0.05, 0) is 44.5 Å². The average Bonchev–Trinajstić information content (AvgIpc) is 3.30. The Balaban J connectivity index is 1.36. The molecule has 1 aliphatic carbocycles. The average molecular weight is 506 g/mol. The van der Waals surface area contributed by atoms with Gasteiger partial charge in [-0.1, -0.05) is 54.6 Å². The fourth-order valence-electron chi connectivity index (χ4n) is 6.20. The molecule has 0 spiro atoms. The quantitative estimate of drug-likeness (QED) is 0.274.